The summed E-state index contributed by atoms with van der Waals surface area (Å²) >= 11 is 0. The predicted octanol–water partition coefficient (Wildman–Crippen LogP) is 20.7. The van der Waals surface area contributed by atoms with Gasteiger partial charge in [0.05, 0.1) is 26.4 Å². The first-order valence-electron chi connectivity index (χ1n) is 36.8. The molecule has 3 N–H and O–H groups in total. The van der Waals surface area contributed by atoms with Crippen LogP contribution in [0.1, 0.15) is 310 Å². The van der Waals surface area contributed by atoms with Crippen LogP contribution >= 0.6 is 15.6 Å². The maximum atomic E-state index is 13.0. The van der Waals surface area contributed by atoms with Crippen molar-refractivity contribution >= 4 is 39.5 Å². The maximum absolute atomic E-state index is 13.0. The quantitative estimate of drug-likeness (QED) is 0.0169. The zero-order valence-corrected chi connectivity index (χ0v) is 60.9. The van der Waals surface area contributed by atoms with E-state index < -0.39 is 97.5 Å². The Bertz CT molecular complexity index is 2120. The molecule has 0 aliphatic rings. The molecule has 0 aromatic rings. The Hall–Kier alpha value is -3.76. The van der Waals surface area contributed by atoms with Crippen LogP contribution in [0.3, 0.4) is 0 Å². The van der Waals surface area contributed by atoms with Crippen molar-refractivity contribution in [2.45, 2.75) is 329 Å². The van der Waals surface area contributed by atoms with Crippen LogP contribution < -0.4 is 0 Å². The van der Waals surface area contributed by atoms with E-state index in [4.69, 9.17) is 37.0 Å². The zero-order valence-electron chi connectivity index (χ0n) is 59.1. The third kappa shape index (κ3) is 66.8. The summed E-state index contributed by atoms with van der Waals surface area (Å²) in [6.07, 6.45) is 67.3. The van der Waals surface area contributed by atoms with Crippen LogP contribution in [-0.2, 0) is 65.4 Å². The highest BCUT2D eigenvalue weighted by Gasteiger charge is 2.30. The van der Waals surface area contributed by atoms with Gasteiger partial charge in [0.25, 0.3) is 0 Å². The van der Waals surface area contributed by atoms with E-state index in [1.54, 1.807) is 0 Å². The highest BCUT2D eigenvalue weighted by molar-refractivity contribution is 7.47. The monoisotopic (exact) mass is 1370 g/mol. The number of carbonyl (C=O) groups excluding carboxylic acids is 4. The summed E-state index contributed by atoms with van der Waals surface area (Å²) in [5.41, 5.74) is 0. The Labute approximate surface area is 570 Å². The Kier molecular flexibility index (Phi) is 65.1. The second kappa shape index (κ2) is 67.8. The Morgan fingerprint density at radius 3 is 0.936 bits per heavy atom. The van der Waals surface area contributed by atoms with E-state index in [9.17, 15) is 43.2 Å². The normalized spacial score (nSPS) is 14.5. The molecular formula is C75H132O17P2. The minimum atomic E-state index is -4.97. The van der Waals surface area contributed by atoms with Gasteiger partial charge in [0.15, 0.2) is 12.2 Å². The number of rotatable bonds is 69. The summed E-state index contributed by atoms with van der Waals surface area (Å²) in [6, 6.07) is 0. The largest absolute Gasteiger partial charge is 0.472 e. The molecule has 0 fully saturated rings. The average Bonchev–Trinajstić information content (AvgIpc) is 2.15. The van der Waals surface area contributed by atoms with Crippen molar-refractivity contribution < 1.29 is 80.2 Å². The van der Waals surface area contributed by atoms with Gasteiger partial charge in [0, 0.05) is 25.7 Å². The van der Waals surface area contributed by atoms with Crippen molar-refractivity contribution in [3.63, 3.8) is 0 Å². The number of hydrogen-bond acceptors (Lipinski definition) is 15. The van der Waals surface area contributed by atoms with Crippen molar-refractivity contribution in [3.8, 4) is 0 Å². The molecule has 0 aliphatic carbocycles. The van der Waals surface area contributed by atoms with E-state index in [0.29, 0.717) is 25.7 Å². The topological polar surface area (TPSA) is 237 Å². The fourth-order valence-electron chi connectivity index (χ4n) is 9.70. The molecule has 94 heavy (non-hydrogen) atoms. The molecule has 5 atom stereocenters. The van der Waals surface area contributed by atoms with Gasteiger partial charge in [-0.2, -0.15) is 0 Å². The molecule has 0 aromatic heterocycles. The average molecular weight is 1370 g/mol. The summed E-state index contributed by atoms with van der Waals surface area (Å²) in [5.74, 6) is -2.21. The van der Waals surface area contributed by atoms with Gasteiger partial charge >= 0.3 is 39.5 Å². The lowest BCUT2D eigenvalue weighted by Gasteiger charge is -2.21. The molecule has 0 aliphatic heterocycles. The van der Waals surface area contributed by atoms with Crippen LogP contribution in [0.2, 0.25) is 0 Å². The fraction of sp³-hybridized carbons (Fsp3) is 0.760. The fourth-order valence-corrected chi connectivity index (χ4v) is 11.3. The van der Waals surface area contributed by atoms with Gasteiger partial charge in [-0.05, 0) is 109 Å². The van der Waals surface area contributed by atoms with Crippen LogP contribution in [0.15, 0.2) is 85.1 Å². The molecule has 0 saturated heterocycles. The number of phosphoric ester groups is 2. The van der Waals surface area contributed by atoms with Crippen molar-refractivity contribution in [1.82, 2.24) is 0 Å². The van der Waals surface area contributed by atoms with Crippen LogP contribution in [0.4, 0.5) is 0 Å². The van der Waals surface area contributed by atoms with E-state index in [1.165, 1.54) is 64.2 Å². The number of allylic oxidation sites excluding steroid dienone is 14. The van der Waals surface area contributed by atoms with E-state index in [-0.39, 0.29) is 25.7 Å². The smallest absolute Gasteiger partial charge is 0.462 e. The molecule has 0 heterocycles. The van der Waals surface area contributed by atoms with Crippen LogP contribution in [0, 0.1) is 0 Å². The summed E-state index contributed by atoms with van der Waals surface area (Å²) < 4.78 is 68.3. The molecule has 0 aromatic carbocycles. The summed E-state index contributed by atoms with van der Waals surface area (Å²) in [4.78, 5) is 72.6. The van der Waals surface area contributed by atoms with Gasteiger partial charge in [0.1, 0.15) is 19.3 Å². The van der Waals surface area contributed by atoms with Gasteiger partial charge < -0.3 is 33.8 Å². The number of phosphoric acid groups is 2. The first-order chi connectivity index (χ1) is 45.7. The minimum Gasteiger partial charge on any atom is -0.462 e. The van der Waals surface area contributed by atoms with Crippen molar-refractivity contribution in [2.75, 3.05) is 39.6 Å². The van der Waals surface area contributed by atoms with E-state index in [0.717, 1.165) is 167 Å². The zero-order chi connectivity index (χ0) is 69.0. The first-order valence-corrected chi connectivity index (χ1v) is 39.8. The van der Waals surface area contributed by atoms with Crippen molar-refractivity contribution in [3.05, 3.63) is 85.1 Å². The van der Waals surface area contributed by atoms with Crippen molar-refractivity contribution in [2.24, 2.45) is 0 Å². The number of carbonyl (C=O) groups is 4. The SMILES string of the molecule is CC/C=C\C/C=C\C/C=C\C/C=C\CCCCCCC(=O)OCC(COP(=O)(O)OCC(O)COP(=O)(O)OCC(COC(=O)CCCCCCC/C=C\C/C=C\CCC)OC(=O)CCCCCCC/C=C\CCCC)OC(=O)CCCCCCCCCCCCCCC. The van der Waals surface area contributed by atoms with Gasteiger partial charge in [0.2, 0.25) is 0 Å². The molecule has 5 unspecified atom stereocenters. The van der Waals surface area contributed by atoms with Crippen LogP contribution in [-0.4, -0.2) is 96.7 Å². The number of aliphatic hydroxyl groups excluding tert-OH is 1. The summed E-state index contributed by atoms with van der Waals surface area (Å²) in [7, 11) is -9.94. The van der Waals surface area contributed by atoms with Gasteiger partial charge in [-0.1, -0.05) is 260 Å². The van der Waals surface area contributed by atoms with Crippen LogP contribution in [0.25, 0.3) is 0 Å². The predicted molar refractivity (Wildman–Crippen MR) is 381 cm³/mol. The highest BCUT2D eigenvalue weighted by atomic mass is 31.2. The molecular weight excluding hydrogens is 1230 g/mol. The molecule has 0 spiro atoms. The molecule has 19 heteroatoms. The molecule has 544 valence electrons. The lowest BCUT2D eigenvalue weighted by atomic mass is 10.0. The van der Waals surface area contributed by atoms with Gasteiger partial charge in [-0.15, -0.1) is 0 Å². The van der Waals surface area contributed by atoms with Crippen molar-refractivity contribution in [1.29, 1.82) is 0 Å². The van der Waals surface area contributed by atoms with Gasteiger partial charge in [-0.25, -0.2) is 9.13 Å². The second-order valence-corrected chi connectivity index (χ2v) is 27.4. The lowest BCUT2D eigenvalue weighted by Crippen LogP contribution is -2.30. The Morgan fingerprint density at radius 2 is 0.585 bits per heavy atom. The molecule has 0 amide bonds. The Morgan fingerprint density at radius 1 is 0.309 bits per heavy atom. The molecule has 0 saturated carbocycles. The number of hydrogen-bond donors (Lipinski definition) is 3. The maximum Gasteiger partial charge on any atom is 0.472 e. The summed E-state index contributed by atoms with van der Waals surface area (Å²) in [5, 5.41) is 10.6. The number of ether oxygens (including phenoxy) is 4. The molecule has 0 rings (SSSR count). The number of aliphatic hydroxyl groups is 1. The molecule has 0 radical (unpaired) electrons. The van der Waals surface area contributed by atoms with E-state index in [2.05, 4.69) is 113 Å². The standard InChI is InChI=1S/C75H132O17P2/c1-5-9-13-17-21-25-29-32-33-34-35-38-41-44-48-52-56-60-73(78)86-66-71(92-75(80)62-58-54-50-46-42-37-31-27-23-19-15-11-7-3)68-90-94(83,84)88-64-69(76)63-87-93(81,82)89-67-70(91-74(79)61-57-53-49-45-39-28-24-20-16-12-8-4)65-85-72(77)59-55-51-47-43-40-36-30-26-22-18-14-10-6-2/h9,13-14,18,20-21,24-26,30,32-33,35,38,69-71,76H,5-8,10-12,15-17,19,22-23,27-29,31,34,36-37,39-68H2,1-4H3,(H,81,82)(H,83,84)/b13-9-,18-14-,24-20-,25-21-,30-26-,33-32-,38-35-. The lowest BCUT2D eigenvalue weighted by molar-refractivity contribution is -0.161. The number of esters is 4. The second-order valence-electron chi connectivity index (χ2n) is 24.5. The minimum absolute atomic E-state index is 0.0825. The van der Waals surface area contributed by atoms with E-state index in [1.807, 2.05) is 0 Å². The first kappa shape index (κ1) is 90.2. The van der Waals surface area contributed by atoms with Crippen LogP contribution in [0.5, 0.6) is 0 Å². The molecule has 17 nitrogen and oxygen atoms in total. The third-order valence-electron chi connectivity index (χ3n) is 15.3. The highest BCUT2D eigenvalue weighted by Crippen LogP contribution is 2.45. The Balaban J connectivity index is 5.33. The van der Waals surface area contributed by atoms with E-state index >= 15 is 0 Å². The summed E-state index contributed by atoms with van der Waals surface area (Å²) in [6.45, 7) is 4.62. The third-order valence-corrected chi connectivity index (χ3v) is 17.2. The molecule has 0 bridgehead atoms. The van der Waals surface area contributed by atoms with Gasteiger partial charge in [-0.3, -0.25) is 37.3 Å². The number of unbranched alkanes of at least 4 members (excludes halogenated alkanes) is 29.